The zero-order chi connectivity index (χ0) is 16.1. The normalized spacial score (nSPS) is 26.1. The Bertz CT molecular complexity index is 535. The molecule has 1 aromatic rings. The monoisotopic (exact) mass is 314 g/mol. The third-order valence-electron chi connectivity index (χ3n) is 5.23. The quantitative estimate of drug-likeness (QED) is 0.908. The third-order valence-corrected chi connectivity index (χ3v) is 5.23. The maximum absolute atomic E-state index is 10.3. The number of piperidine rings is 1. The zero-order valence-corrected chi connectivity index (χ0v) is 13.7. The molecule has 4 nitrogen and oxygen atoms in total. The molecule has 23 heavy (non-hydrogen) atoms. The number of nitriles is 1. The van der Waals surface area contributed by atoms with E-state index in [1.807, 2.05) is 0 Å². The predicted octanol–water partition coefficient (Wildman–Crippen LogP) is 2.95. The highest BCUT2D eigenvalue weighted by molar-refractivity contribution is 5.34. The molecule has 1 saturated heterocycles. The van der Waals surface area contributed by atoms with E-state index in [4.69, 9.17) is 10.00 Å². The molecule has 0 amide bonds. The number of rotatable bonds is 5. The Morgan fingerprint density at radius 2 is 1.91 bits per heavy atom. The van der Waals surface area contributed by atoms with E-state index >= 15 is 0 Å². The van der Waals surface area contributed by atoms with Crippen LogP contribution in [0.5, 0.6) is 5.75 Å². The maximum Gasteiger partial charge on any atom is 0.119 e. The van der Waals surface area contributed by atoms with Crippen LogP contribution in [-0.2, 0) is 0 Å². The largest absolute Gasteiger partial charge is 0.491 e. The van der Waals surface area contributed by atoms with Gasteiger partial charge in [0.05, 0.1) is 11.6 Å². The van der Waals surface area contributed by atoms with Gasteiger partial charge in [0.25, 0.3) is 0 Å². The molecule has 1 heterocycles. The first-order valence-corrected chi connectivity index (χ1v) is 8.81. The number of aliphatic hydroxyl groups is 1. The van der Waals surface area contributed by atoms with E-state index in [0.717, 1.165) is 12.5 Å². The van der Waals surface area contributed by atoms with Crippen molar-refractivity contribution in [1.82, 2.24) is 4.90 Å². The van der Waals surface area contributed by atoms with Crippen molar-refractivity contribution >= 4 is 0 Å². The van der Waals surface area contributed by atoms with Gasteiger partial charge in [-0.05, 0) is 62.4 Å². The van der Waals surface area contributed by atoms with Gasteiger partial charge >= 0.3 is 0 Å². The summed E-state index contributed by atoms with van der Waals surface area (Å²) in [5.41, 5.74) is 0.620. The molecule has 3 rings (SSSR count). The third kappa shape index (κ3) is 4.25. The smallest absolute Gasteiger partial charge is 0.119 e. The minimum absolute atomic E-state index is 0.305. The predicted molar refractivity (Wildman–Crippen MR) is 89.2 cm³/mol. The van der Waals surface area contributed by atoms with Crippen molar-refractivity contribution in [2.24, 2.45) is 5.92 Å². The van der Waals surface area contributed by atoms with Crippen molar-refractivity contribution in [3.05, 3.63) is 29.8 Å². The molecule has 0 aromatic heterocycles. The first-order valence-electron chi connectivity index (χ1n) is 8.81. The number of benzene rings is 1. The first-order chi connectivity index (χ1) is 11.3. The van der Waals surface area contributed by atoms with Gasteiger partial charge in [0.15, 0.2) is 0 Å². The maximum atomic E-state index is 10.3. The number of likely N-dealkylation sites (tertiary alicyclic amines) is 1. The molecular weight excluding hydrogens is 288 g/mol. The van der Waals surface area contributed by atoms with Gasteiger partial charge in [0.2, 0.25) is 0 Å². The topological polar surface area (TPSA) is 56.5 Å². The van der Waals surface area contributed by atoms with Gasteiger partial charge in [-0.1, -0.05) is 12.8 Å². The molecular formula is C19H26N2O2. The van der Waals surface area contributed by atoms with Crippen molar-refractivity contribution in [2.75, 3.05) is 19.7 Å². The molecule has 0 radical (unpaired) electrons. The lowest BCUT2D eigenvalue weighted by molar-refractivity contribution is 0.00654. The minimum Gasteiger partial charge on any atom is -0.491 e. The fourth-order valence-electron chi connectivity index (χ4n) is 4.10. The summed E-state index contributed by atoms with van der Waals surface area (Å²) < 4.78 is 5.66. The van der Waals surface area contributed by atoms with E-state index in [2.05, 4.69) is 11.0 Å². The van der Waals surface area contributed by atoms with Crippen molar-refractivity contribution in [3.63, 3.8) is 0 Å². The van der Waals surface area contributed by atoms with Gasteiger partial charge < -0.3 is 9.84 Å². The van der Waals surface area contributed by atoms with Crippen LogP contribution in [0.25, 0.3) is 0 Å². The molecule has 1 N–H and O–H groups in total. The summed E-state index contributed by atoms with van der Waals surface area (Å²) in [5, 5.41) is 19.1. The van der Waals surface area contributed by atoms with Gasteiger partial charge in [0.1, 0.15) is 18.5 Å². The van der Waals surface area contributed by atoms with Crippen LogP contribution in [0.2, 0.25) is 0 Å². The summed E-state index contributed by atoms with van der Waals surface area (Å²) in [5.74, 6) is 1.54. The zero-order valence-electron chi connectivity index (χ0n) is 13.7. The number of aliphatic hydroxyl groups excluding tert-OH is 1. The van der Waals surface area contributed by atoms with Crippen LogP contribution in [-0.4, -0.2) is 41.8 Å². The summed E-state index contributed by atoms with van der Waals surface area (Å²) in [6, 6.07) is 9.79. The van der Waals surface area contributed by atoms with Crippen LogP contribution in [0.1, 0.15) is 44.1 Å². The first kappa shape index (κ1) is 16.3. The van der Waals surface area contributed by atoms with Crippen LogP contribution >= 0.6 is 0 Å². The summed E-state index contributed by atoms with van der Waals surface area (Å²) in [6.45, 7) is 2.12. The number of fused-ring (bicyclic) bond motifs is 1. The van der Waals surface area contributed by atoms with Crippen molar-refractivity contribution < 1.29 is 9.84 Å². The molecule has 0 unspecified atom stereocenters. The molecule has 1 aliphatic carbocycles. The molecule has 4 heteroatoms. The Morgan fingerprint density at radius 3 is 2.70 bits per heavy atom. The Morgan fingerprint density at radius 1 is 1.17 bits per heavy atom. The van der Waals surface area contributed by atoms with E-state index in [1.54, 1.807) is 24.3 Å². The van der Waals surface area contributed by atoms with Crippen molar-refractivity contribution in [3.8, 4) is 11.8 Å². The highest BCUT2D eigenvalue weighted by Crippen LogP contribution is 2.35. The number of β-amino-alcohol motifs (C(OH)–C–C–N with tert-alkyl or cyclic N) is 1. The van der Waals surface area contributed by atoms with Crippen LogP contribution < -0.4 is 4.74 Å². The highest BCUT2D eigenvalue weighted by Gasteiger charge is 2.33. The average Bonchev–Trinajstić information content (AvgIpc) is 2.61. The van der Waals surface area contributed by atoms with Crippen LogP contribution in [0.15, 0.2) is 24.3 Å². The van der Waals surface area contributed by atoms with E-state index in [-0.39, 0.29) is 0 Å². The second-order valence-electron chi connectivity index (χ2n) is 6.85. The number of nitrogens with zero attached hydrogens (tertiary/aromatic N) is 2. The molecule has 2 aliphatic rings. The molecule has 3 atom stereocenters. The van der Waals surface area contributed by atoms with Gasteiger partial charge in [-0.15, -0.1) is 0 Å². The Kier molecular flexibility index (Phi) is 5.53. The Hall–Kier alpha value is -1.57. The SMILES string of the molecule is N#Cc1ccc(OC[C@@H](O)CN2CCC[C@H]3CCCC[C@@H]32)cc1. The van der Waals surface area contributed by atoms with Crippen LogP contribution in [0, 0.1) is 17.2 Å². The Labute approximate surface area is 138 Å². The fraction of sp³-hybridized carbons (Fsp3) is 0.632. The van der Waals surface area contributed by atoms with Gasteiger partial charge in [-0.3, -0.25) is 4.90 Å². The molecule has 2 fully saturated rings. The summed E-state index contributed by atoms with van der Waals surface area (Å²) in [7, 11) is 0. The van der Waals surface area contributed by atoms with E-state index in [1.165, 1.54) is 38.5 Å². The molecule has 1 aliphatic heterocycles. The van der Waals surface area contributed by atoms with E-state index < -0.39 is 6.10 Å². The molecule has 1 aromatic carbocycles. The second kappa shape index (κ2) is 7.81. The van der Waals surface area contributed by atoms with E-state index in [0.29, 0.717) is 30.5 Å². The average molecular weight is 314 g/mol. The van der Waals surface area contributed by atoms with E-state index in [9.17, 15) is 5.11 Å². The van der Waals surface area contributed by atoms with Gasteiger partial charge in [0, 0.05) is 12.6 Å². The lowest BCUT2D eigenvalue weighted by Gasteiger charge is -2.44. The summed E-state index contributed by atoms with van der Waals surface area (Å²) >= 11 is 0. The van der Waals surface area contributed by atoms with Crippen molar-refractivity contribution in [1.29, 1.82) is 5.26 Å². The molecule has 124 valence electrons. The lowest BCUT2D eigenvalue weighted by Crippen LogP contribution is -2.50. The minimum atomic E-state index is -0.466. The fourth-order valence-corrected chi connectivity index (χ4v) is 4.10. The lowest BCUT2D eigenvalue weighted by atomic mass is 9.78. The number of hydrogen-bond donors (Lipinski definition) is 1. The van der Waals surface area contributed by atoms with Gasteiger partial charge in [-0.25, -0.2) is 0 Å². The summed E-state index contributed by atoms with van der Waals surface area (Å²) in [6.07, 6.45) is 7.50. The Balaban J connectivity index is 1.48. The highest BCUT2D eigenvalue weighted by atomic mass is 16.5. The second-order valence-corrected chi connectivity index (χ2v) is 6.85. The molecule has 1 saturated carbocycles. The van der Waals surface area contributed by atoms with Crippen molar-refractivity contribution in [2.45, 2.75) is 50.7 Å². The van der Waals surface area contributed by atoms with Crippen LogP contribution in [0.4, 0.5) is 0 Å². The standard InChI is InChI=1S/C19H26N2O2/c20-12-15-7-9-18(10-8-15)23-14-17(22)13-21-11-3-5-16-4-1-2-6-19(16)21/h7-10,16-17,19,22H,1-6,11,13-14H2/t16-,17+,19+/m1/s1. The van der Waals surface area contributed by atoms with Crippen LogP contribution in [0.3, 0.4) is 0 Å². The molecule has 0 spiro atoms. The summed E-state index contributed by atoms with van der Waals surface area (Å²) in [4.78, 5) is 2.49. The number of hydrogen-bond acceptors (Lipinski definition) is 4. The molecule has 0 bridgehead atoms. The van der Waals surface area contributed by atoms with Gasteiger partial charge in [-0.2, -0.15) is 5.26 Å². The number of ether oxygens (including phenoxy) is 1.